The van der Waals surface area contributed by atoms with Crippen LogP contribution >= 0.6 is 0 Å². The monoisotopic (exact) mass is 140 g/mol. The average molecular weight is 140 g/mol. The van der Waals surface area contributed by atoms with Crippen molar-refractivity contribution in [1.82, 2.24) is 0 Å². The van der Waals surface area contributed by atoms with Gasteiger partial charge in [-0.05, 0) is 12.8 Å². The zero-order valence-electron chi connectivity index (χ0n) is 5.40. The Morgan fingerprint density at radius 2 is 2.40 bits per heavy atom. The van der Waals surface area contributed by atoms with Gasteiger partial charge < -0.3 is 5.11 Å². The van der Waals surface area contributed by atoms with E-state index in [1.807, 2.05) is 0 Å². The third-order valence-corrected chi connectivity index (χ3v) is 1.32. The fourth-order valence-corrected chi connectivity index (χ4v) is 0.740. The Hall–Kier alpha value is -1.19. The summed E-state index contributed by atoms with van der Waals surface area (Å²) in [6, 6.07) is 0. The Labute approximate surface area is 58.3 Å². The van der Waals surface area contributed by atoms with Gasteiger partial charge in [-0.3, -0.25) is 4.79 Å². The van der Waals surface area contributed by atoms with Crippen molar-refractivity contribution in [3.63, 3.8) is 0 Å². The zero-order valence-corrected chi connectivity index (χ0v) is 5.40. The second-order valence-electron chi connectivity index (χ2n) is 2.08. The molecule has 1 aliphatic heterocycles. The van der Waals surface area contributed by atoms with Crippen molar-refractivity contribution in [2.45, 2.75) is 12.8 Å². The third kappa shape index (κ3) is 1.65. The molecule has 0 aromatic carbocycles. The van der Waals surface area contributed by atoms with Crippen molar-refractivity contribution in [2.24, 2.45) is 16.1 Å². The summed E-state index contributed by atoms with van der Waals surface area (Å²) < 4.78 is 0. The van der Waals surface area contributed by atoms with Crippen LogP contribution in [0, 0.1) is 5.92 Å². The molecular formula is C6H8N2O2. The minimum absolute atomic E-state index is 0.456. The summed E-state index contributed by atoms with van der Waals surface area (Å²) in [5.74, 6) is -1.28. The second-order valence-corrected chi connectivity index (χ2v) is 2.08. The van der Waals surface area contributed by atoms with E-state index in [2.05, 4.69) is 10.2 Å². The molecule has 0 radical (unpaired) electrons. The molecule has 0 bridgehead atoms. The number of carbonyl (C=O) groups is 1. The molecule has 0 amide bonds. The molecule has 0 saturated heterocycles. The summed E-state index contributed by atoms with van der Waals surface area (Å²) in [7, 11) is 0. The Balaban J connectivity index is 2.56. The van der Waals surface area contributed by atoms with Gasteiger partial charge in [0.2, 0.25) is 0 Å². The molecule has 0 aliphatic carbocycles. The number of carboxylic acids is 1. The molecule has 1 unspecified atom stereocenters. The smallest absolute Gasteiger partial charge is 0.312 e. The molecule has 1 heterocycles. The highest BCUT2D eigenvalue weighted by Gasteiger charge is 2.14. The molecule has 0 saturated carbocycles. The second kappa shape index (κ2) is 3.10. The minimum Gasteiger partial charge on any atom is -0.481 e. The van der Waals surface area contributed by atoms with Crippen LogP contribution in [0.3, 0.4) is 0 Å². The van der Waals surface area contributed by atoms with E-state index in [9.17, 15) is 4.79 Å². The summed E-state index contributed by atoms with van der Waals surface area (Å²) in [5, 5.41) is 15.6. The number of rotatable bonds is 1. The maximum absolute atomic E-state index is 10.4. The lowest BCUT2D eigenvalue weighted by atomic mass is 10.1. The van der Waals surface area contributed by atoms with Crippen LogP contribution in [0.2, 0.25) is 0 Å². The highest BCUT2D eigenvalue weighted by Crippen LogP contribution is 2.05. The van der Waals surface area contributed by atoms with Gasteiger partial charge in [-0.1, -0.05) is 0 Å². The fraction of sp³-hybridized carbons (Fsp3) is 0.500. The Bertz CT molecular complexity index is 186. The predicted octanol–water partition coefficient (Wildman–Crippen LogP) is 0.538. The van der Waals surface area contributed by atoms with E-state index in [1.54, 1.807) is 6.21 Å². The first-order valence-electron chi connectivity index (χ1n) is 3.08. The quantitative estimate of drug-likeness (QED) is 0.577. The van der Waals surface area contributed by atoms with E-state index in [1.165, 1.54) is 6.21 Å². The first kappa shape index (κ1) is 6.92. The van der Waals surface area contributed by atoms with E-state index >= 15 is 0 Å². The third-order valence-electron chi connectivity index (χ3n) is 1.32. The van der Waals surface area contributed by atoms with Gasteiger partial charge in [0.15, 0.2) is 0 Å². The summed E-state index contributed by atoms with van der Waals surface area (Å²) in [5.41, 5.74) is 0. The highest BCUT2D eigenvalue weighted by atomic mass is 16.4. The Kier molecular flexibility index (Phi) is 2.15. The molecule has 4 heteroatoms. The molecule has 1 aliphatic rings. The van der Waals surface area contributed by atoms with Crippen LogP contribution in [-0.2, 0) is 4.79 Å². The van der Waals surface area contributed by atoms with Gasteiger partial charge in [0.05, 0.1) is 5.92 Å². The average Bonchev–Trinajstić information content (AvgIpc) is 2.12. The van der Waals surface area contributed by atoms with Gasteiger partial charge in [-0.25, -0.2) is 0 Å². The van der Waals surface area contributed by atoms with E-state index in [-0.39, 0.29) is 0 Å². The van der Waals surface area contributed by atoms with Crippen molar-refractivity contribution in [3.8, 4) is 0 Å². The van der Waals surface area contributed by atoms with Crippen LogP contribution in [0.4, 0.5) is 0 Å². The molecule has 4 nitrogen and oxygen atoms in total. The normalized spacial score (nSPS) is 24.2. The molecule has 1 atom stereocenters. The molecule has 0 spiro atoms. The summed E-state index contributed by atoms with van der Waals surface area (Å²) >= 11 is 0. The maximum atomic E-state index is 10.4. The Morgan fingerprint density at radius 3 is 3.10 bits per heavy atom. The van der Waals surface area contributed by atoms with Crippen molar-refractivity contribution >= 4 is 18.4 Å². The Morgan fingerprint density at radius 1 is 1.60 bits per heavy atom. The van der Waals surface area contributed by atoms with Gasteiger partial charge >= 0.3 is 5.97 Å². The van der Waals surface area contributed by atoms with E-state index < -0.39 is 11.9 Å². The summed E-state index contributed by atoms with van der Waals surface area (Å²) in [6.07, 6.45) is 4.28. The van der Waals surface area contributed by atoms with Crippen LogP contribution in [0.25, 0.3) is 0 Å². The topological polar surface area (TPSA) is 62.0 Å². The maximum Gasteiger partial charge on any atom is 0.312 e. The fourth-order valence-electron chi connectivity index (χ4n) is 0.740. The van der Waals surface area contributed by atoms with Crippen LogP contribution in [0.15, 0.2) is 10.2 Å². The van der Waals surface area contributed by atoms with Gasteiger partial charge in [0.25, 0.3) is 0 Å². The summed E-state index contributed by atoms with van der Waals surface area (Å²) in [4.78, 5) is 10.4. The van der Waals surface area contributed by atoms with Crippen molar-refractivity contribution in [1.29, 1.82) is 0 Å². The van der Waals surface area contributed by atoms with E-state index in [0.29, 0.717) is 12.8 Å². The van der Waals surface area contributed by atoms with Crippen molar-refractivity contribution < 1.29 is 9.90 Å². The number of carboxylic acid groups (broad SMARTS) is 1. The molecule has 0 fully saturated rings. The molecule has 0 aromatic heterocycles. The van der Waals surface area contributed by atoms with Crippen molar-refractivity contribution in [3.05, 3.63) is 0 Å². The number of hydrogen-bond acceptors (Lipinski definition) is 3. The molecular weight excluding hydrogens is 132 g/mol. The minimum atomic E-state index is -0.825. The number of aliphatic carboxylic acids is 1. The molecule has 1 rings (SSSR count). The first-order valence-corrected chi connectivity index (χ1v) is 3.08. The lowest BCUT2D eigenvalue weighted by Gasteiger charge is -1.99. The van der Waals surface area contributed by atoms with Gasteiger partial charge in [-0.2, -0.15) is 10.2 Å². The van der Waals surface area contributed by atoms with Gasteiger partial charge in [0, 0.05) is 12.4 Å². The molecule has 54 valence electrons. The van der Waals surface area contributed by atoms with Gasteiger partial charge in [-0.15, -0.1) is 0 Å². The van der Waals surface area contributed by atoms with Crippen LogP contribution in [0.1, 0.15) is 12.8 Å². The van der Waals surface area contributed by atoms with Crippen LogP contribution in [0.5, 0.6) is 0 Å². The largest absolute Gasteiger partial charge is 0.481 e. The van der Waals surface area contributed by atoms with E-state index in [0.717, 1.165) is 0 Å². The predicted molar refractivity (Wildman–Crippen MR) is 37.3 cm³/mol. The van der Waals surface area contributed by atoms with Crippen LogP contribution < -0.4 is 0 Å². The SMILES string of the molecule is O=C(O)C1C=NN=CCC1. The molecule has 0 aromatic rings. The van der Waals surface area contributed by atoms with Crippen molar-refractivity contribution in [2.75, 3.05) is 0 Å². The number of hydrogen-bond donors (Lipinski definition) is 1. The lowest BCUT2D eigenvalue weighted by molar-refractivity contribution is -0.139. The standard InChI is InChI=1S/C6H8N2O2/c9-6(10)5-2-1-3-7-8-4-5/h3-5H,1-2H2,(H,9,10). The van der Waals surface area contributed by atoms with Crippen LogP contribution in [-0.4, -0.2) is 23.5 Å². The number of nitrogens with zero attached hydrogens (tertiary/aromatic N) is 2. The zero-order chi connectivity index (χ0) is 7.40. The molecule has 10 heavy (non-hydrogen) atoms. The first-order chi connectivity index (χ1) is 4.80. The van der Waals surface area contributed by atoms with E-state index in [4.69, 9.17) is 5.11 Å². The lowest BCUT2D eigenvalue weighted by Crippen LogP contribution is -2.14. The summed E-state index contributed by atoms with van der Waals surface area (Å²) in [6.45, 7) is 0. The highest BCUT2D eigenvalue weighted by molar-refractivity contribution is 5.89. The molecule has 1 N–H and O–H groups in total. The van der Waals surface area contributed by atoms with Gasteiger partial charge in [0.1, 0.15) is 0 Å².